The average molecular weight is 239 g/mol. The van der Waals surface area contributed by atoms with Crippen LogP contribution < -0.4 is 0 Å². The third-order valence-corrected chi connectivity index (χ3v) is 2.19. The van der Waals surface area contributed by atoms with Crippen LogP contribution in [0.3, 0.4) is 0 Å². The molecule has 1 aromatic heterocycles. The maximum atomic E-state index is 5.51. The molecule has 1 heterocycles. The normalized spacial score (nSPS) is 11.0. The Kier molecular flexibility index (Phi) is 7.54. The predicted octanol–water partition coefficient (Wildman–Crippen LogP) is 2.04. The lowest BCUT2D eigenvalue weighted by molar-refractivity contribution is -0.167. The number of hydrogen-bond donors (Lipinski definition) is 0. The highest BCUT2D eigenvalue weighted by Crippen LogP contribution is 1.99. The maximum Gasteiger partial charge on any atom is 0.180 e. The molecule has 4 heteroatoms. The lowest BCUT2D eigenvalue weighted by Crippen LogP contribution is -2.24. The van der Waals surface area contributed by atoms with Gasteiger partial charge < -0.3 is 14.2 Å². The van der Waals surface area contributed by atoms with Gasteiger partial charge in [-0.15, -0.1) is 0 Å². The second-order valence-electron chi connectivity index (χ2n) is 3.49. The van der Waals surface area contributed by atoms with Crippen LogP contribution in [0.25, 0.3) is 0 Å². The van der Waals surface area contributed by atoms with Gasteiger partial charge in [-0.25, -0.2) is 0 Å². The van der Waals surface area contributed by atoms with Crippen LogP contribution in [-0.2, 0) is 20.6 Å². The molecule has 0 radical (unpaired) electrons. The van der Waals surface area contributed by atoms with Crippen LogP contribution in [0.5, 0.6) is 0 Å². The summed E-state index contributed by atoms with van der Waals surface area (Å²) in [5.41, 5.74) is 1.04. The van der Waals surface area contributed by atoms with Crippen molar-refractivity contribution in [2.75, 3.05) is 26.4 Å². The van der Waals surface area contributed by atoms with Gasteiger partial charge in [-0.05, 0) is 26.0 Å². The van der Waals surface area contributed by atoms with Crippen LogP contribution in [-0.4, -0.2) is 37.7 Å². The first-order valence-corrected chi connectivity index (χ1v) is 6.07. The van der Waals surface area contributed by atoms with Gasteiger partial charge in [-0.1, -0.05) is 6.07 Å². The molecule has 0 aromatic carbocycles. The van der Waals surface area contributed by atoms with Crippen LogP contribution in [0.15, 0.2) is 24.4 Å². The summed E-state index contributed by atoms with van der Waals surface area (Å²) in [6, 6.07) is 5.88. The number of pyridine rings is 1. The first-order chi connectivity index (χ1) is 8.36. The van der Waals surface area contributed by atoms with Gasteiger partial charge in [0.1, 0.15) is 0 Å². The molecule has 0 atom stereocenters. The van der Waals surface area contributed by atoms with Gasteiger partial charge in [0, 0.05) is 31.5 Å². The van der Waals surface area contributed by atoms with E-state index in [1.54, 1.807) is 6.20 Å². The summed E-state index contributed by atoms with van der Waals surface area (Å²) in [5.74, 6) is 0. The second kappa shape index (κ2) is 9.10. The summed E-state index contributed by atoms with van der Waals surface area (Å²) in [6.07, 6.45) is 2.35. The van der Waals surface area contributed by atoms with Gasteiger partial charge in [-0.3, -0.25) is 4.98 Å². The molecular weight excluding hydrogens is 218 g/mol. The first kappa shape index (κ1) is 14.1. The van der Waals surface area contributed by atoms with Gasteiger partial charge in [0.15, 0.2) is 6.29 Å². The zero-order chi connectivity index (χ0) is 12.3. The van der Waals surface area contributed by atoms with E-state index in [1.165, 1.54) is 0 Å². The van der Waals surface area contributed by atoms with Crippen LogP contribution in [0.2, 0.25) is 0 Å². The minimum Gasteiger partial charge on any atom is -0.376 e. The molecule has 0 amide bonds. The monoisotopic (exact) mass is 239 g/mol. The van der Waals surface area contributed by atoms with Gasteiger partial charge >= 0.3 is 0 Å². The van der Waals surface area contributed by atoms with Crippen LogP contribution in [0.1, 0.15) is 19.5 Å². The first-order valence-electron chi connectivity index (χ1n) is 6.07. The predicted molar refractivity (Wildman–Crippen MR) is 65.8 cm³/mol. The SMILES string of the molecule is CCOC(COCCc1ccccn1)OCC. The Morgan fingerprint density at radius 1 is 1.18 bits per heavy atom. The smallest absolute Gasteiger partial charge is 0.180 e. The Hall–Kier alpha value is -0.970. The summed E-state index contributed by atoms with van der Waals surface area (Å²) >= 11 is 0. The molecule has 96 valence electrons. The van der Waals surface area contributed by atoms with Crippen LogP contribution in [0.4, 0.5) is 0 Å². The van der Waals surface area contributed by atoms with Crippen molar-refractivity contribution < 1.29 is 14.2 Å². The summed E-state index contributed by atoms with van der Waals surface area (Å²) < 4.78 is 16.3. The van der Waals surface area contributed by atoms with Gasteiger partial charge in [-0.2, -0.15) is 0 Å². The quantitative estimate of drug-likeness (QED) is 0.488. The largest absolute Gasteiger partial charge is 0.376 e. The highest BCUT2D eigenvalue weighted by Gasteiger charge is 2.07. The van der Waals surface area contributed by atoms with E-state index in [9.17, 15) is 0 Å². The summed E-state index contributed by atoms with van der Waals surface area (Å²) in [4.78, 5) is 4.23. The topological polar surface area (TPSA) is 40.6 Å². The molecule has 0 bridgehead atoms. The molecule has 1 rings (SSSR count). The highest BCUT2D eigenvalue weighted by atomic mass is 16.7. The Morgan fingerprint density at radius 3 is 2.53 bits per heavy atom. The molecule has 0 saturated heterocycles. The molecule has 0 aliphatic carbocycles. The maximum absolute atomic E-state index is 5.51. The van der Waals surface area contributed by atoms with E-state index in [0.29, 0.717) is 26.4 Å². The molecule has 17 heavy (non-hydrogen) atoms. The van der Waals surface area contributed by atoms with Gasteiger partial charge in [0.25, 0.3) is 0 Å². The molecule has 4 nitrogen and oxygen atoms in total. The van der Waals surface area contributed by atoms with Crippen molar-refractivity contribution in [3.05, 3.63) is 30.1 Å². The number of rotatable bonds is 9. The molecule has 1 aromatic rings. The fourth-order valence-electron chi connectivity index (χ4n) is 1.42. The number of hydrogen-bond acceptors (Lipinski definition) is 4. The third-order valence-electron chi connectivity index (χ3n) is 2.19. The molecular formula is C13H21NO3. The molecule has 0 unspecified atom stereocenters. The summed E-state index contributed by atoms with van der Waals surface area (Å²) in [5, 5.41) is 0. The van der Waals surface area contributed by atoms with Crippen molar-refractivity contribution >= 4 is 0 Å². The fraction of sp³-hybridized carbons (Fsp3) is 0.615. The minimum absolute atomic E-state index is 0.256. The standard InChI is InChI=1S/C13H21NO3/c1-3-16-13(17-4-2)11-15-10-8-12-7-5-6-9-14-12/h5-7,9,13H,3-4,8,10-11H2,1-2H3. The third kappa shape index (κ3) is 6.36. The summed E-state index contributed by atoms with van der Waals surface area (Å²) in [7, 11) is 0. The Labute approximate surface area is 103 Å². The van der Waals surface area contributed by atoms with Crippen molar-refractivity contribution in [2.45, 2.75) is 26.6 Å². The number of nitrogens with zero attached hydrogens (tertiary/aromatic N) is 1. The molecule has 0 N–H and O–H groups in total. The van der Waals surface area contributed by atoms with Crippen molar-refractivity contribution in [1.82, 2.24) is 4.98 Å². The van der Waals surface area contributed by atoms with Gasteiger partial charge in [0.05, 0.1) is 13.2 Å². The van der Waals surface area contributed by atoms with E-state index in [0.717, 1.165) is 12.1 Å². The summed E-state index contributed by atoms with van der Waals surface area (Å²) in [6.45, 7) is 6.25. The Bertz CT molecular complexity index is 273. The lowest BCUT2D eigenvalue weighted by Gasteiger charge is -2.16. The average Bonchev–Trinajstić information content (AvgIpc) is 2.36. The van der Waals surface area contributed by atoms with Crippen LogP contribution >= 0.6 is 0 Å². The molecule has 0 saturated carbocycles. The van der Waals surface area contributed by atoms with Crippen molar-refractivity contribution in [3.8, 4) is 0 Å². The Morgan fingerprint density at radius 2 is 1.94 bits per heavy atom. The zero-order valence-corrected chi connectivity index (χ0v) is 10.6. The molecule has 0 spiro atoms. The molecule has 0 fully saturated rings. The molecule has 0 aliphatic rings. The second-order valence-corrected chi connectivity index (χ2v) is 3.49. The minimum atomic E-state index is -0.256. The van der Waals surface area contributed by atoms with E-state index in [4.69, 9.17) is 14.2 Å². The molecule has 0 aliphatic heterocycles. The van der Waals surface area contributed by atoms with Crippen molar-refractivity contribution in [1.29, 1.82) is 0 Å². The van der Waals surface area contributed by atoms with E-state index >= 15 is 0 Å². The van der Waals surface area contributed by atoms with E-state index in [1.807, 2.05) is 32.0 Å². The Balaban J connectivity index is 2.13. The number of ether oxygens (including phenoxy) is 3. The zero-order valence-electron chi connectivity index (χ0n) is 10.6. The van der Waals surface area contributed by atoms with E-state index in [-0.39, 0.29) is 6.29 Å². The van der Waals surface area contributed by atoms with Gasteiger partial charge in [0.2, 0.25) is 0 Å². The van der Waals surface area contributed by atoms with E-state index < -0.39 is 0 Å². The fourth-order valence-corrected chi connectivity index (χ4v) is 1.42. The van der Waals surface area contributed by atoms with Crippen molar-refractivity contribution in [3.63, 3.8) is 0 Å². The van der Waals surface area contributed by atoms with Crippen LogP contribution in [0, 0.1) is 0 Å². The van der Waals surface area contributed by atoms with Crippen molar-refractivity contribution in [2.24, 2.45) is 0 Å². The lowest BCUT2D eigenvalue weighted by atomic mass is 10.3. The highest BCUT2D eigenvalue weighted by molar-refractivity contribution is 5.03. The number of aromatic nitrogens is 1. The van der Waals surface area contributed by atoms with E-state index in [2.05, 4.69) is 4.98 Å².